The van der Waals surface area contributed by atoms with Crippen molar-refractivity contribution in [1.82, 2.24) is 9.97 Å². The maximum Gasteiger partial charge on any atom is 0.312 e. The fourth-order valence-electron chi connectivity index (χ4n) is 1.50. The fraction of sp³-hybridized carbons (Fsp3) is 0.583. The topological polar surface area (TPSA) is 72.3 Å². The molecular formula is C12H11ClF4N2O3. The smallest absolute Gasteiger partial charge is 0.312 e. The number of hydrogen-bond acceptors (Lipinski definition) is 4. The van der Waals surface area contributed by atoms with Crippen molar-refractivity contribution in [3.63, 3.8) is 0 Å². The number of aromatic nitrogens is 2. The van der Waals surface area contributed by atoms with Crippen molar-refractivity contribution in [2.45, 2.75) is 24.7 Å². The molecule has 0 saturated heterocycles. The molecular weight excluding hydrogens is 332 g/mol. The highest BCUT2D eigenvalue weighted by atomic mass is 35.5. The second-order valence-corrected chi connectivity index (χ2v) is 5.35. The van der Waals surface area contributed by atoms with E-state index in [0.717, 1.165) is 0 Å². The van der Waals surface area contributed by atoms with Crippen LogP contribution < -0.4 is 4.74 Å². The first-order valence-electron chi connectivity index (χ1n) is 6.20. The van der Waals surface area contributed by atoms with Gasteiger partial charge in [0, 0.05) is 12.8 Å². The molecule has 2 fully saturated rings. The normalized spacial score (nSPS) is 26.4. The van der Waals surface area contributed by atoms with Crippen LogP contribution in [-0.2, 0) is 4.79 Å². The van der Waals surface area contributed by atoms with E-state index < -0.39 is 36.1 Å². The number of carboxylic acid groups (broad SMARTS) is 1. The Kier molecular flexibility index (Phi) is 4.46. The minimum Gasteiger partial charge on any atom is -0.490 e. The molecule has 1 aromatic rings. The van der Waals surface area contributed by atoms with E-state index in [9.17, 15) is 22.4 Å². The molecule has 1 N–H and O–H groups in total. The lowest BCUT2D eigenvalue weighted by Crippen LogP contribution is -2.05. The van der Waals surface area contributed by atoms with Gasteiger partial charge in [0.25, 0.3) is 11.8 Å². The minimum absolute atomic E-state index is 0.00199. The van der Waals surface area contributed by atoms with E-state index in [-0.39, 0.29) is 18.3 Å². The molecule has 2 atom stereocenters. The van der Waals surface area contributed by atoms with Crippen molar-refractivity contribution < 1.29 is 32.2 Å². The molecule has 10 heteroatoms. The van der Waals surface area contributed by atoms with Gasteiger partial charge in [0.2, 0.25) is 5.28 Å². The molecule has 5 nitrogen and oxygen atoms in total. The van der Waals surface area contributed by atoms with Crippen LogP contribution in [0.25, 0.3) is 0 Å². The third kappa shape index (κ3) is 4.43. The Morgan fingerprint density at radius 3 is 2.09 bits per heavy atom. The molecule has 0 radical (unpaired) electrons. The maximum atomic E-state index is 12.4. The SMILES string of the molecule is FC1(F)C[C@@H]1COc1cnc(Cl)nc1.O=C(O)C1CC1(F)F. The molecule has 3 rings (SSSR count). The third-order valence-corrected chi connectivity index (χ3v) is 3.32. The fourth-order valence-corrected chi connectivity index (χ4v) is 1.60. The van der Waals surface area contributed by atoms with Gasteiger partial charge in [-0.3, -0.25) is 4.79 Å². The largest absolute Gasteiger partial charge is 0.490 e. The summed E-state index contributed by atoms with van der Waals surface area (Å²) in [6, 6.07) is 0. The van der Waals surface area contributed by atoms with E-state index in [4.69, 9.17) is 21.4 Å². The summed E-state index contributed by atoms with van der Waals surface area (Å²) in [6.07, 6.45) is 2.13. The predicted octanol–water partition coefficient (Wildman–Crippen LogP) is 2.89. The van der Waals surface area contributed by atoms with Crippen molar-refractivity contribution in [2.75, 3.05) is 6.61 Å². The highest BCUT2D eigenvalue weighted by molar-refractivity contribution is 6.28. The van der Waals surface area contributed by atoms with Gasteiger partial charge in [-0.2, -0.15) is 0 Å². The lowest BCUT2D eigenvalue weighted by Gasteiger charge is -2.03. The third-order valence-electron chi connectivity index (χ3n) is 3.13. The number of carbonyl (C=O) groups is 1. The number of ether oxygens (including phenoxy) is 1. The summed E-state index contributed by atoms with van der Waals surface area (Å²) in [5.41, 5.74) is 0. The number of aliphatic carboxylic acids is 1. The molecule has 1 unspecified atom stereocenters. The first kappa shape index (κ1) is 16.7. The molecule has 1 heterocycles. The lowest BCUT2D eigenvalue weighted by molar-refractivity contribution is -0.140. The summed E-state index contributed by atoms with van der Waals surface area (Å²) < 4.78 is 53.3. The Hall–Kier alpha value is -1.64. The van der Waals surface area contributed by atoms with Crippen molar-refractivity contribution in [3.05, 3.63) is 17.7 Å². The minimum atomic E-state index is -2.91. The van der Waals surface area contributed by atoms with E-state index in [2.05, 4.69) is 9.97 Å². The second kappa shape index (κ2) is 5.86. The molecule has 122 valence electrons. The van der Waals surface area contributed by atoms with Crippen LogP contribution in [0.2, 0.25) is 5.28 Å². The van der Waals surface area contributed by atoms with Crippen LogP contribution in [-0.4, -0.2) is 39.5 Å². The van der Waals surface area contributed by atoms with Crippen LogP contribution >= 0.6 is 11.6 Å². The monoisotopic (exact) mass is 342 g/mol. The van der Waals surface area contributed by atoms with Gasteiger partial charge in [-0.05, 0) is 11.6 Å². The molecule has 0 aliphatic heterocycles. The Bertz CT molecular complexity index is 556. The number of alkyl halides is 4. The van der Waals surface area contributed by atoms with Crippen LogP contribution in [0.5, 0.6) is 5.75 Å². The van der Waals surface area contributed by atoms with E-state index in [0.29, 0.717) is 5.75 Å². The summed E-state index contributed by atoms with van der Waals surface area (Å²) in [5.74, 6) is -8.56. The second-order valence-electron chi connectivity index (χ2n) is 5.02. The number of rotatable bonds is 4. The molecule has 0 bridgehead atoms. The number of carboxylic acids is 1. The zero-order chi connectivity index (χ0) is 16.5. The van der Waals surface area contributed by atoms with Crippen LogP contribution in [0.15, 0.2) is 12.4 Å². The average Bonchev–Trinajstić information content (AvgIpc) is 3.25. The quantitative estimate of drug-likeness (QED) is 0.673. The Morgan fingerprint density at radius 1 is 1.27 bits per heavy atom. The van der Waals surface area contributed by atoms with Gasteiger partial charge in [0.05, 0.1) is 24.9 Å². The Labute approximate surface area is 127 Å². The Balaban J connectivity index is 0.000000188. The predicted molar refractivity (Wildman–Crippen MR) is 66.3 cm³/mol. The van der Waals surface area contributed by atoms with E-state index in [1.165, 1.54) is 12.4 Å². The average molecular weight is 343 g/mol. The van der Waals surface area contributed by atoms with Gasteiger partial charge >= 0.3 is 5.97 Å². The van der Waals surface area contributed by atoms with E-state index in [1.807, 2.05) is 0 Å². The van der Waals surface area contributed by atoms with Crippen LogP contribution in [0.1, 0.15) is 12.8 Å². The van der Waals surface area contributed by atoms with Gasteiger partial charge in [0.15, 0.2) is 5.75 Å². The molecule has 2 aliphatic rings. The zero-order valence-corrected chi connectivity index (χ0v) is 11.7. The summed E-state index contributed by atoms with van der Waals surface area (Å²) in [5, 5.41) is 8.01. The van der Waals surface area contributed by atoms with Crippen LogP contribution in [0.3, 0.4) is 0 Å². The lowest BCUT2D eigenvalue weighted by atomic mass is 10.4. The zero-order valence-electron chi connectivity index (χ0n) is 11.0. The molecule has 2 aliphatic carbocycles. The molecule has 1 aromatic heterocycles. The van der Waals surface area contributed by atoms with Crippen molar-refractivity contribution >= 4 is 17.6 Å². The first-order valence-corrected chi connectivity index (χ1v) is 6.58. The number of halogens is 5. The number of nitrogens with zero attached hydrogens (tertiary/aromatic N) is 2. The summed E-state index contributed by atoms with van der Waals surface area (Å²) in [6.45, 7) is -0.00199. The van der Waals surface area contributed by atoms with Crippen molar-refractivity contribution in [1.29, 1.82) is 0 Å². The summed E-state index contributed by atoms with van der Waals surface area (Å²) in [7, 11) is 0. The van der Waals surface area contributed by atoms with Gasteiger partial charge in [0.1, 0.15) is 5.92 Å². The van der Waals surface area contributed by atoms with Gasteiger partial charge < -0.3 is 9.84 Å². The molecule has 0 aromatic carbocycles. The number of hydrogen-bond donors (Lipinski definition) is 1. The Morgan fingerprint density at radius 2 is 1.77 bits per heavy atom. The summed E-state index contributed by atoms with van der Waals surface area (Å²) in [4.78, 5) is 17.0. The van der Waals surface area contributed by atoms with Crippen molar-refractivity contribution in [3.8, 4) is 5.75 Å². The highest BCUT2D eigenvalue weighted by Crippen LogP contribution is 2.49. The van der Waals surface area contributed by atoms with Gasteiger partial charge in [-0.15, -0.1) is 0 Å². The van der Waals surface area contributed by atoms with E-state index >= 15 is 0 Å². The maximum absolute atomic E-state index is 12.4. The van der Waals surface area contributed by atoms with Gasteiger partial charge in [-0.25, -0.2) is 27.5 Å². The molecule has 22 heavy (non-hydrogen) atoms. The molecule has 0 spiro atoms. The standard InChI is InChI=1S/C8H7ClF2N2O.C4H4F2O2/c9-7-12-2-6(3-13-7)14-4-5-1-8(5,10)11;5-4(6)1-2(4)3(7)8/h2-3,5H,1,4H2;2H,1H2,(H,7,8)/t5-;/m1./s1. The van der Waals surface area contributed by atoms with Crippen molar-refractivity contribution in [2.24, 2.45) is 11.8 Å². The van der Waals surface area contributed by atoms with E-state index in [1.54, 1.807) is 0 Å². The first-order chi connectivity index (χ1) is 10.1. The molecule has 2 saturated carbocycles. The highest BCUT2D eigenvalue weighted by Gasteiger charge is 2.61. The van der Waals surface area contributed by atoms with Gasteiger partial charge in [-0.1, -0.05) is 0 Å². The molecule has 0 amide bonds. The van der Waals surface area contributed by atoms with Crippen LogP contribution in [0.4, 0.5) is 17.6 Å². The van der Waals surface area contributed by atoms with Crippen LogP contribution in [0, 0.1) is 11.8 Å². The summed E-state index contributed by atoms with van der Waals surface area (Å²) >= 11 is 5.43.